The van der Waals surface area contributed by atoms with Gasteiger partial charge in [0.2, 0.25) is 0 Å². The molecule has 3 rings (SSSR count). The highest BCUT2D eigenvalue weighted by Crippen LogP contribution is 2.22. The topological polar surface area (TPSA) is 50.5 Å². The second kappa shape index (κ2) is 6.01. The minimum absolute atomic E-state index is 0.0533. The fourth-order valence-corrected chi connectivity index (χ4v) is 2.60. The van der Waals surface area contributed by atoms with Crippen molar-refractivity contribution in [1.82, 2.24) is 19.5 Å². The molecular formula is C17H17ClN4O. The van der Waals surface area contributed by atoms with Crippen molar-refractivity contribution < 1.29 is 4.79 Å². The number of carbonyl (C=O) groups is 1. The Morgan fingerprint density at radius 1 is 1.17 bits per heavy atom. The SMILES string of the molecule is Cc1nnc2ccc(C(=O)N(C)[C@H](C)c3ccc(Cl)cc3)cn12. The van der Waals surface area contributed by atoms with Crippen molar-refractivity contribution in [2.75, 3.05) is 7.05 Å². The van der Waals surface area contributed by atoms with Gasteiger partial charge in [-0.05, 0) is 43.7 Å². The second-order valence-electron chi connectivity index (χ2n) is 5.54. The molecule has 0 aliphatic heterocycles. The number of rotatable bonds is 3. The van der Waals surface area contributed by atoms with Crippen molar-refractivity contribution in [2.45, 2.75) is 19.9 Å². The summed E-state index contributed by atoms with van der Waals surface area (Å²) in [5.41, 5.74) is 2.36. The summed E-state index contributed by atoms with van der Waals surface area (Å²) < 4.78 is 1.81. The maximum absolute atomic E-state index is 12.7. The number of benzene rings is 1. The van der Waals surface area contributed by atoms with E-state index in [1.54, 1.807) is 30.3 Å². The van der Waals surface area contributed by atoms with E-state index in [1.165, 1.54) is 0 Å². The zero-order valence-corrected chi connectivity index (χ0v) is 13.9. The van der Waals surface area contributed by atoms with E-state index in [9.17, 15) is 4.79 Å². The summed E-state index contributed by atoms with van der Waals surface area (Å²) in [6, 6.07) is 11.0. The molecule has 23 heavy (non-hydrogen) atoms. The zero-order chi connectivity index (χ0) is 16.6. The van der Waals surface area contributed by atoms with Gasteiger partial charge in [-0.2, -0.15) is 0 Å². The summed E-state index contributed by atoms with van der Waals surface area (Å²) in [4.78, 5) is 14.5. The van der Waals surface area contributed by atoms with Crippen molar-refractivity contribution in [1.29, 1.82) is 0 Å². The normalized spacial score (nSPS) is 12.3. The van der Waals surface area contributed by atoms with Gasteiger partial charge >= 0.3 is 0 Å². The Morgan fingerprint density at radius 3 is 2.57 bits per heavy atom. The van der Waals surface area contributed by atoms with Crippen LogP contribution in [-0.2, 0) is 0 Å². The van der Waals surface area contributed by atoms with Crippen molar-refractivity contribution in [3.05, 3.63) is 64.6 Å². The lowest BCUT2D eigenvalue weighted by atomic mass is 10.1. The summed E-state index contributed by atoms with van der Waals surface area (Å²) in [6.45, 7) is 3.85. The maximum atomic E-state index is 12.7. The molecule has 0 bridgehead atoms. The fraction of sp³-hybridized carbons (Fsp3) is 0.235. The van der Waals surface area contributed by atoms with Crippen LogP contribution in [0, 0.1) is 6.92 Å². The second-order valence-corrected chi connectivity index (χ2v) is 5.97. The van der Waals surface area contributed by atoms with Crippen LogP contribution in [0.1, 0.15) is 34.7 Å². The third kappa shape index (κ3) is 2.92. The molecule has 118 valence electrons. The van der Waals surface area contributed by atoms with Gasteiger partial charge in [-0.1, -0.05) is 23.7 Å². The lowest BCUT2D eigenvalue weighted by molar-refractivity contribution is 0.0742. The molecule has 0 fully saturated rings. The highest BCUT2D eigenvalue weighted by molar-refractivity contribution is 6.30. The summed E-state index contributed by atoms with van der Waals surface area (Å²) in [5, 5.41) is 8.72. The molecule has 3 aromatic rings. The van der Waals surface area contributed by atoms with Crippen molar-refractivity contribution in [2.24, 2.45) is 0 Å². The van der Waals surface area contributed by atoms with E-state index in [1.807, 2.05) is 42.5 Å². The molecule has 1 aromatic carbocycles. The highest BCUT2D eigenvalue weighted by Gasteiger charge is 2.19. The number of hydrogen-bond acceptors (Lipinski definition) is 3. The minimum atomic E-state index is -0.0579. The molecule has 0 saturated heterocycles. The molecule has 5 nitrogen and oxygen atoms in total. The van der Waals surface area contributed by atoms with Gasteiger partial charge in [0.15, 0.2) is 5.65 Å². The van der Waals surface area contributed by atoms with E-state index in [2.05, 4.69) is 10.2 Å². The average molecular weight is 329 g/mol. The Labute approximate surface area is 139 Å². The van der Waals surface area contributed by atoms with E-state index in [0.29, 0.717) is 10.6 Å². The molecule has 2 aromatic heterocycles. The Bertz CT molecular complexity index is 857. The molecule has 0 radical (unpaired) electrons. The molecule has 0 saturated carbocycles. The number of fused-ring (bicyclic) bond motifs is 1. The molecule has 6 heteroatoms. The van der Waals surface area contributed by atoms with Crippen LogP contribution in [0.25, 0.3) is 5.65 Å². The molecule has 0 aliphatic carbocycles. The summed E-state index contributed by atoms with van der Waals surface area (Å²) in [5.74, 6) is 0.700. The third-order valence-corrected chi connectivity index (χ3v) is 4.33. The van der Waals surface area contributed by atoms with Crippen LogP contribution in [-0.4, -0.2) is 32.5 Å². The standard InChI is InChI=1S/C17H17ClN4O/c1-11(13-4-7-15(18)8-5-13)21(3)17(23)14-6-9-16-20-19-12(2)22(16)10-14/h4-11H,1-3H3/t11-/m1/s1. The van der Waals surface area contributed by atoms with Gasteiger partial charge in [-0.25, -0.2) is 0 Å². The van der Waals surface area contributed by atoms with E-state index in [-0.39, 0.29) is 11.9 Å². The van der Waals surface area contributed by atoms with Crippen molar-refractivity contribution in [3.8, 4) is 0 Å². The number of nitrogens with zero attached hydrogens (tertiary/aromatic N) is 4. The average Bonchev–Trinajstić information content (AvgIpc) is 2.94. The number of carbonyl (C=O) groups excluding carboxylic acids is 1. The van der Waals surface area contributed by atoms with Gasteiger partial charge in [-0.3, -0.25) is 9.20 Å². The maximum Gasteiger partial charge on any atom is 0.255 e. The molecule has 0 aliphatic rings. The number of hydrogen-bond donors (Lipinski definition) is 0. The van der Waals surface area contributed by atoms with Crippen LogP contribution in [0.5, 0.6) is 0 Å². The van der Waals surface area contributed by atoms with Crippen LogP contribution >= 0.6 is 11.6 Å². The van der Waals surface area contributed by atoms with E-state index < -0.39 is 0 Å². The van der Waals surface area contributed by atoms with Gasteiger partial charge in [0.1, 0.15) is 5.82 Å². The molecule has 0 N–H and O–H groups in total. The Morgan fingerprint density at radius 2 is 1.87 bits per heavy atom. The molecule has 0 spiro atoms. The first kappa shape index (κ1) is 15.5. The Balaban J connectivity index is 1.88. The van der Waals surface area contributed by atoms with Crippen molar-refractivity contribution >= 4 is 23.2 Å². The quantitative estimate of drug-likeness (QED) is 0.739. The summed E-state index contributed by atoms with van der Waals surface area (Å²) in [6.07, 6.45) is 1.78. The van der Waals surface area contributed by atoms with Gasteiger partial charge < -0.3 is 4.90 Å². The first-order valence-electron chi connectivity index (χ1n) is 7.31. The first-order chi connectivity index (χ1) is 11.0. The minimum Gasteiger partial charge on any atom is -0.335 e. The number of halogens is 1. The highest BCUT2D eigenvalue weighted by atomic mass is 35.5. The molecule has 1 amide bonds. The van der Waals surface area contributed by atoms with E-state index in [4.69, 9.17) is 11.6 Å². The van der Waals surface area contributed by atoms with Gasteiger partial charge in [-0.15, -0.1) is 10.2 Å². The third-order valence-electron chi connectivity index (χ3n) is 4.07. The lowest BCUT2D eigenvalue weighted by Crippen LogP contribution is -2.29. The van der Waals surface area contributed by atoms with Crippen LogP contribution < -0.4 is 0 Å². The van der Waals surface area contributed by atoms with E-state index >= 15 is 0 Å². The summed E-state index contributed by atoms with van der Waals surface area (Å²) >= 11 is 5.92. The first-order valence-corrected chi connectivity index (χ1v) is 7.69. The largest absolute Gasteiger partial charge is 0.335 e. The molecule has 0 unspecified atom stereocenters. The monoisotopic (exact) mass is 328 g/mol. The molecule has 2 heterocycles. The Hall–Kier alpha value is -2.40. The van der Waals surface area contributed by atoms with Crippen molar-refractivity contribution in [3.63, 3.8) is 0 Å². The van der Waals surface area contributed by atoms with Crippen LogP contribution in [0.15, 0.2) is 42.6 Å². The fourth-order valence-electron chi connectivity index (χ4n) is 2.48. The van der Waals surface area contributed by atoms with Gasteiger partial charge in [0.05, 0.1) is 11.6 Å². The lowest BCUT2D eigenvalue weighted by Gasteiger charge is -2.25. The smallest absolute Gasteiger partial charge is 0.255 e. The zero-order valence-electron chi connectivity index (χ0n) is 13.2. The van der Waals surface area contributed by atoms with Crippen LogP contribution in [0.2, 0.25) is 5.02 Å². The van der Waals surface area contributed by atoms with Gasteiger partial charge in [0, 0.05) is 18.3 Å². The number of amides is 1. The number of aromatic nitrogens is 3. The summed E-state index contributed by atoms with van der Waals surface area (Å²) in [7, 11) is 1.80. The van der Waals surface area contributed by atoms with Crippen LogP contribution in [0.4, 0.5) is 0 Å². The molecule has 1 atom stereocenters. The Kier molecular flexibility index (Phi) is 4.05. The predicted octanol–water partition coefficient (Wildman–Crippen LogP) is 3.52. The van der Waals surface area contributed by atoms with Crippen LogP contribution in [0.3, 0.4) is 0 Å². The number of pyridine rings is 1. The van der Waals surface area contributed by atoms with Gasteiger partial charge in [0.25, 0.3) is 5.91 Å². The number of aryl methyl sites for hydroxylation is 1. The predicted molar refractivity (Wildman–Crippen MR) is 89.7 cm³/mol. The van der Waals surface area contributed by atoms with E-state index in [0.717, 1.165) is 17.0 Å². The molecular weight excluding hydrogens is 312 g/mol.